The summed E-state index contributed by atoms with van der Waals surface area (Å²) in [5.74, 6) is -0.210. The number of hydrogen-bond acceptors (Lipinski definition) is 4. The Labute approximate surface area is 170 Å². The van der Waals surface area contributed by atoms with E-state index in [1.54, 1.807) is 0 Å². The molecule has 0 aliphatic heterocycles. The van der Waals surface area contributed by atoms with Crippen molar-refractivity contribution >= 4 is 35.2 Å². The summed E-state index contributed by atoms with van der Waals surface area (Å²) in [6.45, 7) is 9.02. The van der Waals surface area contributed by atoms with Gasteiger partial charge in [-0.05, 0) is 42.4 Å². The molecule has 2 N–H and O–H groups in total. The van der Waals surface area contributed by atoms with Gasteiger partial charge in [0, 0.05) is 19.2 Å². The number of rotatable bonds is 10. The molecule has 0 saturated carbocycles. The summed E-state index contributed by atoms with van der Waals surface area (Å²) in [7, 11) is 0. The van der Waals surface area contributed by atoms with Gasteiger partial charge in [-0.3, -0.25) is 19.7 Å². The van der Waals surface area contributed by atoms with Crippen molar-refractivity contribution in [3.8, 4) is 0 Å². The lowest BCUT2D eigenvalue weighted by Gasteiger charge is -2.12. The number of carbonyl (C=O) groups is 2. The summed E-state index contributed by atoms with van der Waals surface area (Å²) < 4.78 is 0. The minimum absolute atomic E-state index is 0.00790. The van der Waals surface area contributed by atoms with Gasteiger partial charge in [-0.1, -0.05) is 45.4 Å². The quantitative estimate of drug-likeness (QED) is 0.201. The number of nitrogens with one attached hydrogen (secondary N) is 2. The predicted octanol–water partition coefficient (Wildman–Crippen LogP) is 3.96. The smallest absolute Gasteiger partial charge is 0.288 e. The predicted molar refractivity (Wildman–Crippen MR) is 111 cm³/mol. The van der Waals surface area contributed by atoms with Crippen molar-refractivity contribution in [2.24, 2.45) is 11.8 Å². The van der Waals surface area contributed by atoms with E-state index in [-0.39, 0.29) is 16.3 Å². The molecule has 0 aromatic heterocycles. The van der Waals surface area contributed by atoms with Crippen LogP contribution in [0.15, 0.2) is 23.8 Å². The van der Waals surface area contributed by atoms with Gasteiger partial charge in [-0.15, -0.1) is 0 Å². The van der Waals surface area contributed by atoms with E-state index < -0.39 is 16.7 Å². The Morgan fingerprint density at radius 1 is 1.07 bits per heavy atom. The van der Waals surface area contributed by atoms with Crippen molar-refractivity contribution in [3.05, 3.63) is 44.5 Å². The van der Waals surface area contributed by atoms with Crippen LogP contribution in [0.3, 0.4) is 0 Å². The second kappa shape index (κ2) is 11.4. The number of hydrogen-bond donors (Lipinski definition) is 2. The molecule has 0 aliphatic carbocycles. The lowest BCUT2D eigenvalue weighted by molar-refractivity contribution is -0.384. The first-order valence-electron chi connectivity index (χ1n) is 9.33. The Balaban J connectivity index is 3.09. The van der Waals surface area contributed by atoms with E-state index in [0.29, 0.717) is 30.5 Å². The molecule has 28 heavy (non-hydrogen) atoms. The molecule has 0 spiro atoms. The molecule has 0 atom stereocenters. The van der Waals surface area contributed by atoms with Crippen LogP contribution in [-0.4, -0.2) is 29.8 Å². The maximum atomic E-state index is 12.6. The number of nitro benzene ring substituents is 1. The normalized spacial score (nSPS) is 10.7. The zero-order valence-corrected chi connectivity index (χ0v) is 17.5. The maximum absolute atomic E-state index is 12.6. The molecule has 1 aromatic rings. The minimum atomic E-state index is -0.606. The average Bonchev–Trinajstić information content (AvgIpc) is 2.59. The highest BCUT2D eigenvalue weighted by atomic mass is 35.5. The van der Waals surface area contributed by atoms with Crippen LogP contribution in [-0.2, 0) is 9.59 Å². The van der Waals surface area contributed by atoms with Crippen molar-refractivity contribution in [1.29, 1.82) is 0 Å². The van der Waals surface area contributed by atoms with E-state index in [0.717, 1.165) is 12.8 Å². The molecule has 0 fully saturated rings. The molecule has 0 heterocycles. The largest absolute Gasteiger partial charge is 0.352 e. The number of nitro groups is 1. The molecule has 7 nitrogen and oxygen atoms in total. The van der Waals surface area contributed by atoms with Crippen molar-refractivity contribution in [2.75, 3.05) is 13.1 Å². The molecule has 1 aromatic carbocycles. The fourth-order valence-electron chi connectivity index (χ4n) is 2.30. The average molecular weight is 410 g/mol. The third-order valence-electron chi connectivity index (χ3n) is 3.98. The number of amides is 2. The highest BCUT2D eigenvalue weighted by molar-refractivity contribution is 6.32. The fraction of sp³-hybridized carbons (Fsp3) is 0.500. The Hall–Kier alpha value is -2.41. The highest BCUT2D eigenvalue weighted by Gasteiger charge is 2.19. The van der Waals surface area contributed by atoms with Crippen molar-refractivity contribution in [2.45, 2.75) is 40.5 Å². The molecule has 0 aliphatic rings. The van der Waals surface area contributed by atoms with Gasteiger partial charge in [0.15, 0.2) is 0 Å². The van der Waals surface area contributed by atoms with E-state index in [1.165, 1.54) is 24.3 Å². The molecule has 154 valence electrons. The van der Waals surface area contributed by atoms with Crippen LogP contribution in [0.1, 0.15) is 46.1 Å². The third kappa shape index (κ3) is 8.08. The molecule has 1 rings (SSSR count). The summed E-state index contributed by atoms with van der Waals surface area (Å²) in [5, 5.41) is 16.5. The summed E-state index contributed by atoms with van der Waals surface area (Å²) >= 11 is 5.83. The zero-order chi connectivity index (χ0) is 21.3. The van der Waals surface area contributed by atoms with Crippen LogP contribution < -0.4 is 10.6 Å². The lowest BCUT2D eigenvalue weighted by Crippen LogP contribution is -2.36. The lowest BCUT2D eigenvalue weighted by atomic mass is 10.1. The summed E-state index contributed by atoms with van der Waals surface area (Å²) in [6.07, 6.45) is 2.90. The van der Waals surface area contributed by atoms with Crippen molar-refractivity contribution < 1.29 is 14.5 Å². The summed E-state index contributed by atoms with van der Waals surface area (Å²) in [6, 6.07) is 4.14. The Kier molecular flexibility index (Phi) is 9.65. The third-order valence-corrected chi connectivity index (χ3v) is 4.30. The number of carbonyl (C=O) groups excluding carboxylic acids is 2. The van der Waals surface area contributed by atoms with Gasteiger partial charge in [-0.2, -0.15) is 0 Å². The molecule has 8 heteroatoms. The maximum Gasteiger partial charge on any atom is 0.288 e. The first-order valence-corrected chi connectivity index (χ1v) is 9.71. The number of nitrogens with zero attached hydrogens (tertiary/aromatic N) is 1. The fourth-order valence-corrected chi connectivity index (χ4v) is 2.49. The number of halogens is 1. The highest BCUT2D eigenvalue weighted by Crippen LogP contribution is 2.26. The SMILES string of the molecule is CC(C)CCNC(=O)C(=Cc1ccc(Cl)c([N+](=O)[O-])c1)C(=O)NCCC(C)C. The van der Waals surface area contributed by atoms with Gasteiger partial charge >= 0.3 is 0 Å². The van der Waals surface area contributed by atoms with E-state index >= 15 is 0 Å². The van der Waals surface area contributed by atoms with E-state index in [1.807, 2.05) is 27.7 Å². The number of benzene rings is 1. The van der Waals surface area contributed by atoms with Crippen LogP contribution in [0.25, 0.3) is 6.08 Å². The van der Waals surface area contributed by atoms with Gasteiger partial charge in [0.1, 0.15) is 10.6 Å². The Bertz CT molecular complexity index is 717. The summed E-state index contributed by atoms with van der Waals surface area (Å²) in [4.78, 5) is 35.6. The van der Waals surface area contributed by atoms with Crippen LogP contribution in [0.4, 0.5) is 5.69 Å². The van der Waals surface area contributed by atoms with Gasteiger partial charge < -0.3 is 10.6 Å². The van der Waals surface area contributed by atoms with Crippen LogP contribution in [0.2, 0.25) is 5.02 Å². The Morgan fingerprint density at radius 2 is 1.57 bits per heavy atom. The molecule has 0 saturated heterocycles. The first-order chi connectivity index (χ1) is 13.1. The van der Waals surface area contributed by atoms with Crippen LogP contribution >= 0.6 is 11.6 Å². The molecular formula is C20H28ClN3O4. The van der Waals surface area contributed by atoms with Gasteiger partial charge in [0.25, 0.3) is 17.5 Å². The van der Waals surface area contributed by atoms with E-state index in [2.05, 4.69) is 10.6 Å². The standard InChI is InChI=1S/C20H28ClN3O4/c1-13(2)7-9-22-19(25)16(20(26)23-10-8-14(3)4)11-15-5-6-17(21)18(12-15)24(27)28/h5-6,11-14H,7-10H2,1-4H3,(H,22,25)(H,23,26). The topological polar surface area (TPSA) is 101 Å². The zero-order valence-electron chi connectivity index (χ0n) is 16.8. The van der Waals surface area contributed by atoms with E-state index in [9.17, 15) is 19.7 Å². The van der Waals surface area contributed by atoms with Crippen LogP contribution in [0, 0.1) is 22.0 Å². The molecule has 2 amide bonds. The summed E-state index contributed by atoms with van der Waals surface area (Å²) in [5.41, 5.74) is -0.0246. The van der Waals surface area contributed by atoms with Crippen molar-refractivity contribution in [3.63, 3.8) is 0 Å². The molecular weight excluding hydrogens is 382 g/mol. The second-order valence-electron chi connectivity index (χ2n) is 7.40. The molecule has 0 unspecified atom stereocenters. The monoisotopic (exact) mass is 409 g/mol. The Morgan fingerprint density at radius 3 is 2.00 bits per heavy atom. The van der Waals surface area contributed by atoms with Crippen LogP contribution in [0.5, 0.6) is 0 Å². The van der Waals surface area contributed by atoms with Gasteiger partial charge in [0.2, 0.25) is 0 Å². The van der Waals surface area contributed by atoms with Crippen molar-refractivity contribution in [1.82, 2.24) is 10.6 Å². The second-order valence-corrected chi connectivity index (χ2v) is 7.81. The molecule has 0 bridgehead atoms. The molecule has 0 radical (unpaired) electrons. The minimum Gasteiger partial charge on any atom is -0.352 e. The first kappa shape index (κ1) is 23.6. The van der Waals surface area contributed by atoms with E-state index in [4.69, 9.17) is 11.6 Å². The van der Waals surface area contributed by atoms with Gasteiger partial charge in [0.05, 0.1) is 4.92 Å². The van der Waals surface area contributed by atoms with Gasteiger partial charge in [-0.25, -0.2) is 0 Å².